The monoisotopic (exact) mass is 360 g/mol. The van der Waals surface area contributed by atoms with Crippen LogP contribution in [0.5, 0.6) is 0 Å². The Morgan fingerprint density at radius 3 is 2.48 bits per heavy atom. The summed E-state index contributed by atoms with van der Waals surface area (Å²) >= 11 is 0. The zero-order valence-electron chi connectivity index (χ0n) is 15.9. The van der Waals surface area contributed by atoms with Gasteiger partial charge in [-0.05, 0) is 44.0 Å². The van der Waals surface area contributed by atoms with E-state index in [0.717, 1.165) is 16.8 Å². The first kappa shape index (κ1) is 18.6. The first-order chi connectivity index (χ1) is 13.1. The minimum Gasteiger partial charge on any atom is -0.366 e. The molecule has 1 N–H and O–H groups in total. The molecule has 1 heterocycles. The maximum atomic E-state index is 13.1. The van der Waals surface area contributed by atoms with Crippen LogP contribution in [0.2, 0.25) is 0 Å². The number of benzene rings is 2. The smallest absolute Gasteiger partial charge is 0.277 e. The summed E-state index contributed by atoms with van der Waals surface area (Å²) in [6.45, 7) is 6.98. The molecular formula is C22H24N4O. The Bertz CT molecular complexity index is 925. The second-order valence-corrected chi connectivity index (χ2v) is 6.41. The molecule has 0 spiro atoms. The van der Waals surface area contributed by atoms with Crippen LogP contribution in [-0.4, -0.2) is 22.4 Å². The molecule has 0 saturated carbocycles. The second-order valence-electron chi connectivity index (χ2n) is 6.41. The Labute approximate surface area is 160 Å². The third-order valence-corrected chi connectivity index (χ3v) is 4.25. The predicted molar refractivity (Wildman–Crippen MR) is 109 cm³/mol. The summed E-state index contributed by atoms with van der Waals surface area (Å²) in [4.78, 5) is 23.6. The fourth-order valence-electron chi connectivity index (χ4n) is 2.93. The first-order valence-corrected chi connectivity index (χ1v) is 9.09. The lowest BCUT2D eigenvalue weighted by Gasteiger charge is -2.21. The van der Waals surface area contributed by atoms with Crippen LogP contribution in [0.3, 0.4) is 0 Å². The van der Waals surface area contributed by atoms with Crippen LogP contribution in [0, 0.1) is 13.8 Å². The van der Waals surface area contributed by atoms with E-state index in [1.165, 1.54) is 0 Å². The topological polar surface area (TPSA) is 58.1 Å². The van der Waals surface area contributed by atoms with Crippen LogP contribution in [0.25, 0.3) is 0 Å². The van der Waals surface area contributed by atoms with Gasteiger partial charge in [-0.2, -0.15) is 0 Å². The van der Waals surface area contributed by atoms with Crippen LogP contribution in [0.1, 0.15) is 34.4 Å². The van der Waals surface area contributed by atoms with Gasteiger partial charge in [0, 0.05) is 24.8 Å². The lowest BCUT2D eigenvalue weighted by Crippen LogP contribution is -2.31. The normalized spacial score (nSPS) is 10.5. The number of aromatic nitrogens is 2. The first-order valence-electron chi connectivity index (χ1n) is 9.09. The van der Waals surface area contributed by atoms with Crippen molar-refractivity contribution in [3.63, 3.8) is 0 Å². The van der Waals surface area contributed by atoms with E-state index >= 15 is 0 Å². The molecule has 5 nitrogen and oxygen atoms in total. The number of aryl methyl sites for hydroxylation is 2. The lowest BCUT2D eigenvalue weighted by atomic mass is 10.2. The van der Waals surface area contributed by atoms with E-state index in [1.807, 2.05) is 68.4 Å². The van der Waals surface area contributed by atoms with Gasteiger partial charge < -0.3 is 10.2 Å². The number of rotatable bonds is 6. The summed E-state index contributed by atoms with van der Waals surface area (Å²) < 4.78 is 0. The molecule has 138 valence electrons. The summed E-state index contributed by atoms with van der Waals surface area (Å²) in [7, 11) is 0. The highest BCUT2D eigenvalue weighted by atomic mass is 16.2. The molecule has 0 aliphatic heterocycles. The molecule has 0 atom stereocenters. The third-order valence-electron chi connectivity index (χ3n) is 4.25. The molecule has 2 aromatic carbocycles. The number of anilines is 2. The summed E-state index contributed by atoms with van der Waals surface area (Å²) in [5.74, 6) is 1.09. The van der Waals surface area contributed by atoms with Gasteiger partial charge in [-0.3, -0.25) is 4.79 Å². The third kappa shape index (κ3) is 4.70. The van der Waals surface area contributed by atoms with Gasteiger partial charge in [0.05, 0.1) is 0 Å². The van der Waals surface area contributed by atoms with Gasteiger partial charge in [0.1, 0.15) is 17.3 Å². The number of hydrogen-bond acceptors (Lipinski definition) is 4. The molecule has 0 aliphatic carbocycles. The molecule has 0 radical (unpaired) electrons. The van der Waals surface area contributed by atoms with Crippen molar-refractivity contribution in [1.82, 2.24) is 9.97 Å². The van der Waals surface area contributed by atoms with Gasteiger partial charge in [0.15, 0.2) is 0 Å². The Kier molecular flexibility index (Phi) is 5.81. The SMILES string of the molecule is CCN(C(=O)c1cc(NCc2ccccc2)nc(C)n1)c1cccc(C)c1. The largest absolute Gasteiger partial charge is 0.366 e. The van der Waals surface area contributed by atoms with Crippen molar-refractivity contribution >= 4 is 17.4 Å². The van der Waals surface area contributed by atoms with E-state index in [9.17, 15) is 4.79 Å². The zero-order valence-corrected chi connectivity index (χ0v) is 15.9. The van der Waals surface area contributed by atoms with Gasteiger partial charge in [0.2, 0.25) is 0 Å². The molecule has 5 heteroatoms. The molecule has 0 saturated heterocycles. The Balaban J connectivity index is 1.82. The Hall–Kier alpha value is -3.21. The summed E-state index contributed by atoms with van der Waals surface area (Å²) in [6, 6.07) is 19.7. The van der Waals surface area contributed by atoms with Gasteiger partial charge in [0.25, 0.3) is 5.91 Å². The quantitative estimate of drug-likeness (QED) is 0.709. The average molecular weight is 360 g/mol. The molecule has 1 amide bonds. The van der Waals surface area contributed by atoms with Crippen LogP contribution < -0.4 is 10.2 Å². The van der Waals surface area contributed by atoms with Crippen molar-refractivity contribution < 1.29 is 4.79 Å². The fraction of sp³-hybridized carbons (Fsp3) is 0.227. The van der Waals surface area contributed by atoms with Crippen LogP contribution in [0.15, 0.2) is 60.7 Å². The molecule has 0 fully saturated rings. The number of amides is 1. The van der Waals surface area contributed by atoms with Gasteiger partial charge >= 0.3 is 0 Å². The van der Waals surface area contributed by atoms with Crippen LogP contribution in [-0.2, 0) is 6.54 Å². The number of carbonyl (C=O) groups excluding carboxylic acids is 1. The van der Waals surface area contributed by atoms with Gasteiger partial charge in [-0.25, -0.2) is 9.97 Å². The predicted octanol–water partition coefficient (Wildman–Crippen LogP) is 4.37. The molecule has 1 aromatic heterocycles. The molecule has 3 rings (SSSR count). The van der Waals surface area contributed by atoms with E-state index in [0.29, 0.717) is 30.4 Å². The van der Waals surface area contributed by atoms with Gasteiger partial charge in [-0.15, -0.1) is 0 Å². The van der Waals surface area contributed by atoms with Crippen LogP contribution >= 0.6 is 0 Å². The molecule has 27 heavy (non-hydrogen) atoms. The second kappa shape index (κ2) is 8.45. The number of nitrogens with zero attached hydrogens (tertiary/aromatic N) is 3. The van der Waals surface area contributed by atoms with Crippen molar-refractivity contribution in [2.75, 3.05) is 16.8 Å². The molecule has 0 bridgehead atoms. The Morgan fingerprint density at radius 1 is 1.00 bits per heavy atom. The minimum atomic E-state index is -0.128. The van der Waals surface area contributed by atoms with Crippen LogP contribution in [0.4, 0.5) is 11.5 Å². The maximum absolute atomic E-state index is 13.1. The summed E-state index contributed by atoms with van der Waals surface area (Å²) in [6.07, 6.45) is 0. The van der Waals surface area contributed by atoms with E-state index in [2.05, 4.69) is 15.3 Å². The van der Waals surface area contributed by atoms with Crippen molar-refractivity contribution in [2.45, 2.75) is 27.3 Å². The average Bonchev–Trinajstić information content (AvgIpc) is 2.67. The van der Waals surface area contributed by atoms with E-state index in [-0.39, 0.29) is 5.91 Å². The summed E-state index contributed by atoms with van der Waals surface area (Å²) in [5.41, 5.74) is 3.53. The molecule has 0 aliphatic rings. The highest BCUT2D eigenvalue weighted by Gasteiger charge is 2.19. The van der Waals surface area contributed by atoms with Crippen molar-refractivity contribution in [3.05, 3.63) is 83.3 Å². The van der Waals surface area contributed by atoms with Gasteiger partial charge in [-0.1, -0.05) is 42.5 Å². The van der Waals surface area contributed by atoms with Crippen molar-refractivity contribution in [1.29, 1.82) is 0 Å². The highest BCUT2D eigenvalue weighted by molar-refractivity contribution is 6.05. The standard InChI is InChI=1S/C22H24N4O/c1-4-26(19-12-8-9-16(2)13-19)22(27)20-14-21(25-17(3)24-20)23-15-18-10-6-5-7-11-18/h5-14H,4,15H2,1-3H3,(H,23,24,25). The number of hydrogen-bond donors (Lipinski definition) is 1. The van der Waals surface area contributed by atoms with E-state index < -0.39 is 0 Å². The summed E-state index contributed by atoms with van der Waals surface area (Å²) in [5, 5.41) is 3.28. The van der Waals surface area contributed by atoms with Crippen molar-refractivity contribution in [3.8, 4) is 0 Å². The number of nitrogens with one attached hydrogen (secondary N) is 1. The number of carbonyl (C=O) groups is 1. The molecular weight excluding hydrogens is 336 g/mol. The fourth-order valence-corrected chi connectivity index (χ4v) is 2.93. The molecule has 3 aromatic rings. The zero-order chi connectivity index (χ0) is 19.2. The molecule has 0 unspecified atom stereocenters. The van der Waals surface area contributed by atoms with E-state index in [1.54, 1.807) is 17.9 Å². The highest BCUT2D eigenvalue weighted by Crippen LogP contribution is 2.19. The minimum absolute atomic E-state index is 0.128. The Morgan fingerprint density at radius 2 is 1.78 bits per heavy atom. The maximum Gasteiger partial charge on any atom is 0.277 e. The van der Waals surface area contributed by atoms with Crippen molar-refractivity contribution in [2.24, 2.45) is 0 Å². The van der Waals surface area contributed by atoms with E-state index in [4.69, 9.17) is 0 Å². The lowest BCUT2D eigenvalue weighted by molar-refractivity contribution is 0.0983.